The summed E-state index contributed by atoms with van der Waals surface area (Å²) in [6, 6.07) is 3.87. The number of rotatable bonds is 0. The van der Waals surface area contributed by atoms with Gasteiger partial charge in [0.05, 0.1) is 0 Å². The summed E-state index contributed by atoms with van der Waals surface area (Å²) in [6.45, 7) is 2.01. The van der Waals surface area contributed by atoms with Crippen molar-refractivity contribution in [2.24, 2.45) is 0 Å². The van der Waals surface area contributed by atoms with Crippen LogP contribution in [-0.2, 0) is 0 Å². The van der Waals surface area contributed by atoms with E-state index in [1.165, 1.54) is 0 Å². The monoisotopic (exact) mass is 263 g/mol. The van der Waals surface area contributed by atoms with Crippen molar-refractivity contribution in [3.63, 3.8) is 0 Å². The molecule has 0 saturated carbocycles. The van der Waals surface area contributed by atoms with Crippen molar-refractivity contribution in [3.05, 3.63) is 26.6 Å². The lowest BCUT2D eigenvalue weighted by molar-refractivity contribution is 1.42. The Bertz CT molecular complexity index is 208. The number of hydrogen-bond acceptors (Lipinski definition) is 1. The summed E-state index contributed by atoms with van der Waals surface area (Å²) < 4.78 is 2.01. The first-order chi connectivity index (χ1) is 4.61. The second-order valence-corrected chi connectivity index (χ2v) is 3.83. The zero-order valence-electron chi connectivity index (χ0n) is 5.49. The Hall–Kier alpha value is -0.0200. The minimum atomic E-state index is 0.778. The van der Waals surface area contributed by atoms with Crippen molar-refractivity contribution >= 4 is 37.5 Å². The van der Waals surface area contributed by atoms with Gasteiger partial charge in [0, 0.05) is 14.6 Å². The van der Waals surface area contributed by atoms with Gasteiger partial charge in [-0.1, -0.05) is 15.9 Å². The van der Waals surface area contributed by atoms with E-state index >= 15 is 0 Å². The Morgan fingerprint density at radius 3 is 2.30 bits per heavy atom. The number of anilines is 1. The highest BCUT2D eigenvalue weighted by molar-refractivity contribution is 9.11. The minimum absolute atomic E-state index is 0.778. The molecular weight excluding hydrogens is 258 g/mol. The molecule has 3 heteroatoms. The molecule has 0 amide bonds. The number of nitrogen functional groups attached to an aromatic ring is 1. The maximum Gasteiger partial charge on any atom is 0.0461 e. The molecule has 0 bridgehead atoms. The van der Waals surface area contributed by atoms with E-state index in [-0.39, 0.29) is 0 Å². The normalized spacial score (nSPS) is 9.90. The van der Waals surface area contributed by atoms with Crippen molar-refractivity contribution in [1.29, 1.82) is 0 Å². The van der Waals surface area contributed by atoms with Gasteiger partial charge in [-0.2, -0.15) is 0 Å². The van der Waals surface area contributed by atoms with E-state index in [9.17, 15) is 0 Å². The van der Waals surface area contributed by atoms with Crippen LogP contribution in [0.2, 0.25) is 0 Å². The molecule has 0 aliphatic heterocycles. The third kappa shape index (κ3) is 1.52. The van der Waals surface area contributed by atoms with Crippen LogP contribution < -0.4 is 5.73 Å². The highest BCUT2D eigenvalue weighted by Gasteiger charge is 1.98. The number of aryl methyl sites for hydroxylation is 1. The van der Waals surface area contributed by atoms with Crippen LogP contribution in [0.15, 0.2) is 21.1 Å². The van der Waals surface area contributed by atoms with Gasteiger partial charge in [0.15, 0.2) is 0 Å². The average Bonchev–Trinajstić information content (AvgIpc) is 1.84. The topological polar surface area (TPSA) is 26.0 Å². The first kappa shape index (κ1) is 8.08. The molecule has 1 aromatic rings. The van der Waals surface area contributed by atoms with Gasteiger partial charge in [-0.3, -0.25) is 0 Å². The van der Waals surface area contributed by atoms with E-state index in [0.29, 0.717) is 0 Å². The molecule has 0 radical (unpaired) electrons. The van der Waals surface area contributed by atoms with Crippen LogP contribution in [0.1, 0.15) is 5.56 Å². The summed E-state index contributed by atoms with van der Waals surface area (Å²) in [5.41, 5.74) is 7.55. The summed E-state index contributed by atoms with van der Waals surface area (Å²) in [4.78, 5) is 0. The smallest absolute Gasteiger partial charge is 0.0461 e. The van der Waals surface area contributed by atoms with Crippen LogP contribution in [-0.4, -0.2) is 0 Å². The predicted octanol–water partition coefficient (Wildman–Crippen LogP) is 3.10. The number of halogens is 2. The molecule has 0 aliphatic rings. The third-order valence-corrected chi connectivity index (χ3v) is 2.82. The Kier molecular flexibility index (Phi) is 2.36. The van der Waals surface area contributed by atoms with E-state index < -0.39 is 0 Å². The van der Waals surface area contributed by atoms with Crippen LogP contribution >= 0.6 is 31.9 Å². The molecular formula is C7H7Br2N. The van der Waals surface area contributed by atoms with Crippen LogP contribution in [0.4, 0.5) is 5.69 Å². The Labute approximate surface area is 76.9 Å². The van der Waals surface area contributed by atoms with Gasteiger partial charge in [0.25, 0.3) is 0 Å². The summed E-state index contributed by atoms with van der Waals surface area (Å²) in [7, 11) is 0. The van der Waals surface area contributed by atoms with E-state index in [4.69, 9.17) is 5.73 Å². The van der Waals surface area contributed by atoms with E-state index in [1.807, 2.05) is 19.1 Å². The van der Waals surface area contributed by atoms with E-state index in [1.54, 1.807) is 0 Å². The lowest BCUT2D eigenvalue weighted by Crippen LogP contribution is -1.87. The van der Waals surface area contributed by atoms with Crippen molar-refractivity contribution in [2.45, 2.75) is 6.92 Å². The van der Waals surface area contributed by atoms with Crippen LogP contribution in [0.25, 0.3) is 0 Å². The molecule has 0 spiro atoms. The molecule has 54 valence electrons. The van der Waals surface area contributed by atoms with E-state index in [2.05, 4.69) is 31.9 Å². The Balaban J connectivity index is 3.28. The standard InChI is InChI=1S/C7H7Br2N/c1-4-2-7(10)6(9)3-5(4)8/h2-3H,10H2,1H3. The molecule has 10 heavy (non-hydrogen) atoms. The molecule has 0 atom stereocenters. The number of nitrogens with two attached hydrogens (primary N) is 1. The second-order valence-electron chi connectivity index (χ2n) is 2.12. The maximum atomic E-state index is 5.62. The third-order valence-electron chi connectivity index (χ3n) is 1.28. The minimum Gasteiger partial charge on any atom is -0.398 e. The molecule has 2 N–H and O–H groups in total. The Morgan fingerprint density at radius 1 is 1.20 bits per heavy atom. The number of benzene rings is 1. The van der Waals surface area contributed by atoms with Crippen molar-refractivity contribution in [1.82, 2.24) is 0 Å². The van der Waals surface area contributed by atoms with Crippen molar-refractivity contribution in [3.8, 4) is 0 Å². The first-order valence-corrected chi connectivity index (χ1v) is 4.41. The van der Waals surface area contributed by atoms with Crippen molar-refractivity contribution < 1.29 is 0 Å². The molecule has 0 aromatic heterocycles. The average molecular weight is 265 g/mol. The van der Waals surface area contributed by atoms with Gasteiger partial charge in [0.1, 0.15) is 0 Å². The fourth-order valence-electron chi connectivity index (χ4n) is 0.680. The highest BCUT2D eigenvalue weighted by Crippen LogP contribution is 2.26. The summed E-state index contributed by atoms with van der Waals surface area (Å²) in [5, 5.41) is 0. The van der Waals surface area contributed by atoms with Gasteiger partial charge in [-0.25, -0.2) is 0 Å². The van der Waals surface area contributed by atoms with Gasteiger partial charge in [-0.15, -0.1) is 0 Å². The summed E-state index contributed by atoms with van der Waals surface area (Å²) in [5.74, 6) is 0. The largest absolute Gasteiger partial charge is 0.398 e. The van der Waals surface area contributed by atoms with Gasteiger partial charge in [-0.05, 0) is 40.5 Å². The van der Waals surface area contributed by atoms with Gasteiger partial charge >= 0.3 is 0 Å². The van der Waals surface area contributed by atoms with Crippen LogP contribution in [0, 0.1) is 6.92 Å². The fourth-order valence-corrected chi connectivity index (χ4v) is 1.67. The fraction of sp³-hybridized carbons (Fsp3) is 0.143. The molecule has 0 fully saturated rings. The predicted molar refractivity (Wildman–Crippen MR) is 51.0 cm³/mol. The summed E-state index contributed by atoms with van der Waals surface area (Å²) in [6.07, 6.45) is 0. The molecule has 0 heterocycles. The summed E-state index contributed by atoms with van der Waals surface area (Å²) >= 11 is 6.72. The van der Waals surface area contributed by atoms with Crippen molar-refractivity contribution in [2.75, 3.05) is 5.73 Å². The van der Waals surface area contributed by atoms with Crippen LogP contribution in [0.5, 0.6) is 0 Å². The van der Waals surface area contributed by atoms with Gasteiger partial charge < -0.3 is 5.73 Å². The van der Waals surface area contributed by atoms with E-state index in [0.717, 1.165) is 20.2 Å². The lowest BCUT2D eigenvalue weighted by atomic mass is 10.2. The molecule has 1 aromatic carbocycles. The zero-order valence-corrected chi connectivity index (χ0v) is 8.66. The zero-order chi connectivity index (χ0) is 7.72. The second kappa shape index (κ2) is 2.93. The molecule has 0 saturated heterocycles. The SMILES string of the molecule is Cc1cc(N)c(Br)cc1Br. The quantitative estimate of drug-likeness (QED) is 0.716. The molecule has 1 nitrogen and oxygen atoms in total. The lowest BCUT2D eigenvalue weighted by Gasteiger charge is -2.01. The number of hydrogen-bond donors (Lipinski definition) is 1. The molecule has 0 aliphatic carbocycles. The van der Waals surface area contributed by atoms with Crippen LogP contribution in [0.3, 0.4) is 0 Å². The molecule has 0 unspecified atom stereocenters. The highest BCUT2D eigenvalue weighted by atomic mass is 79.9. The first-order valence-electron chi connectivity index (χ1n) is 2.82. The maximum absolute atomic E-state index is 5.62. The molecule has 1 rings (SSSR count). The Morgan fingerprint density at radius 2 is 1.80 bits per heavy atom. The van der Waals surface area contributed by atoms with Gasteiger partial charge in [0.2, 0.25) is 0 Å².